The highest BCUT2D eigenvalue weighted by Crippen LogP contribution is 2.40. The van der Waals surface area contributed by atoms with Crippen molar-refractivity contribution in [1.82, 2.24) is 4.98 Å². The van der Waals surface area contributed by atoms with Crippen LogP contribution >= 0.6 is 0 Å². The lowest BCUT2D eigenvalue weighted by Crippen LogP contribution is -2.53. The number of nitrogens with zero attached hydrogens (tertiary/aromatic N) is 1. The molecule has 0 saturated heterocycles. The molecule has 24 heavy (non-hydrogen) atoms. The maximum Gasteiger partial charge on any atom is 0.312 e. The number of aromatic amines is 1. The van der Waals surface area contributed by atoms with Crippen molar-refractivity contribution < 1.29 is 14.1 Å². The minimum absolute atomic E-state index is 0.0802. The lowest BCUT2D eigenvalue weighted by Gasteiger charge is -2.43. The fourth-order valence-electron chi connectivity index (χ4n) is 2.96. The van der Waals surface area contributed by atoms with Gasteiger partial charge in [0, 0.05) is 5.41 Å². The van der Waals surface area contributed by atoms with Gasteiger partial charge >= 0.3 is 5.97 Å². The molecule has 138 valence electrons. The van der Waals surface area contributed by atoms with Gasteiger partial charge in [0.05, 0.1) is 12.0 Å². The fourth-order valence-corrected chi connectivity index (χ4v) is 2.96. The van der Waals surface area contributed by atoms with Crippen LogP contribution in [0.25, 0.3) is 0 Å². The lowest BCUT2D eigenvalue weighted by molar-refractivity contribution is -0.710. The number of carbonyl (C=O) groups is 1. The second-order valence-electron chi connectivity index (χ2n) is 9.24. The van der Waals surface area contributed by atoms with Crippen LogP contribution in [0.15, 0.2) is 18.7 Å². The van der Waals surface area contributed by atoms with Gasteiger partial charge in [-0.1, -0.05) is 41.5 Å². The van der Waals surface area contributed by atoms with E-state index in [2.05, 4.69) is 51.1 Å². The molecule has 0 saturated carbocycles. The number of nitrogens with one attached hydrogen (secondary N) is 1. The Balaban J connectivity index is 2.96. The normalized spacial score (nSPS) is 15.6. The van der Waals surface area contributed by atoms with Gasteiger partial charge in [0.15, 0.2) is 0 Å². The Kier molecular flexibility index (Phi) is 6.29. The van der Waals surface area contributed by atoms with Crippen molar-refractivity contribution in [2.24, 2.45) is 22.7 Å². The maximum atomic E-state index is 13.1. The summed E-state index contributed by atoms with van der Waals surface area (Å²) in [6.07, 6.45) is 6.66. The average molecular weight is 338 g/mol. The minimum Gasteiger partial charge on any atom is -0.459 e. The van der Waals surface area contributed by atoms with E-state index in [-0.39, 0.29) is 17.3 Å². The van der Waals surface area contributed by atoms with Gasteiger partial charge in [-0.25, -0.2) is 4.57 Å². The molecular weight excluding hydrogens is 300 g/mol. The van der Waals surface area contributed by atoms with Gasteiger partial charge in [-0.2, -0.15) is 0 Å². The highest BCUT2D eigenvalue weighted by atomic mass is 16.6. The molecule has 1 heterocycles. The van der Waals surface area contributed by atoms with Crippen LogP contribution in [-0.2, 0) is 16.1 Å². The average Bonchev–Trinajstić information content (AvgIpc) is 2.88. The van der Waals surface area contributed by atoms with Crippen LogP contribution in [0.5, 0.6) is 0 Å². The van der Waals surface area contributed by atoms with Gasteiger partial charge < -0.3 is 4.74 Å². The number of H-pyrrole nitrogens is 1. The maximum absolute atomic E-state index is 13.1. The van der Waals surface area contributed by atoms with Gasteiger partial charge in [0.25, 0.3) is 0 Å². The van der Waals surface area contributed by atoms with Gasteiger partial charge in [-0.3, -0.25) is 9.78 Å². The summed E-state index contributed by atoms with van der Waals surface area (Å²) < 4.78 is 8.20. The SMILES string of the molecule is CC(C)CC(C)(C(=O)OC(C)(C)C(C)(C)C[n+]1cc[nH]c1)C(C)C. The summed E-state index contributed by atoms with van der Waals surface area (Å²) in [5, 5.41) is 0. The van der Waals surface area contributed by atoms with E-state index < -0.39 is 11.0 Å². The molecule has 1 aromatic rings. The Morgan fingerprint density at radius 3 is 2.12 bits per heavy atom. The molecule has 0 aromatic carbocycles. The summed E-state index contributed by atoms with van der Waals surface area (Å²) in [6.45, 7) is 19.7. The largest absolute Gasteiger partial charge is 0.459 e. The fraction of sp³-hybridized carbons (Fsp3) is 0.800. The summed E-state index contributed by atoms with van der Waals surface area (Å²) in [7, 11) is 0. The molecule has 1 rings (SSSR count). The number of hydrogen-bond acceptors (Lipinski definition) is 2. The Bertz CT molecular complexity index is 530. The molecule has 0 aliphatic carbocycles. The zero-order valence-corrected chi connectivity index (χ0v) is 17.1. The minimum atomic E-state index is -0.568. The van der Waals surface area contributed by atoms with E-state index in [0.29, 0.717) is 5.92 Å². The first-order valence-corrected chi connectivity index (χ1v) is 9.07. The highest BCUT2D eigenvalue weighted by Gasteiger charge is 2.47. The van der Waals surface area contributed by atoms with E-state index in [9.17, 15) is 4.79 Å². The number of aromatic nitrogens is 2. The van der Waals surface area contributed by atoms with E-state index in [1.165, 1.54) is 0 Å². The van der Waals surface area contributed by atoms with Crippen molar-refractivity contribution in [3.05, 3.63) is 18.7 Å². The highest BCUT2D eigenvalue weighted by molar-refractivity contribution is 5.77. The molecule has 1 unspecified atom stereocenters. The second-order valence-corrected chi connectivity index (χ2v) is 9.24. The van der Waals surface area contributed by atoms with Crippen molar-refractivity contribution in [1.29, 1.82) is 0 Å². The van der Waals surface area contributed by atoms with Crippen molar-refractivity contribution in [3.8, 4) is 0 Å². The van der Waals surface area contributed by atoms with Crippen LogP contribution in [0.2, 0.25) is 0 Å². The second kappa shape index (κ2) is 7.28. The third kappa shape index (κ3) is 4.61. The molecular formula is C20H37N2O2+. The molecule has 0 amide bonds. The standard InChI is InChI=1S/C20H36N2O2/c1-15(2)12-20(9,16(3)4)17(23)24-19(7,8)18(5,6)13-22-11-10-21-14-22/h10-11,14-16H,12-13H2,1-9H3/p+1. The summed E-state index contributed by atoms with van der Waals surface area (Å²) in [4.78, 5) is 16.1. The van der Waals surface area contributed by atoms with Crippen molar-refractivity contribution >= 4 is 5.97 Å². The molecule has 0 fully saturated rings. The van der Waals surface area contributed by atoms with Gasteiger partial charge in [-0.05, 0) is 39.0 Å². The van der Waals surface area contributed by atoms with Crippen molar-refractivity contribution in [3.63, 3.8) is 0 Å². The number of imidazole rings is 1. The number of esters is 1. The van der Waals surface area contributed by atoms with Crippen molar-refractivity contribution in [2.75, 3.05) is 0 Å². The molecule has 4 nitrogen and oxygen atoms in total. The Labute approximate surface area is 148 Å². The Hall–Kier alpha value is -1.32. The third-order valence-electron chi connectivity index (χ3n) is 5.73. The van der Waals surface area contributed by atoms with Crippen LogP contribution in [-0.4, -0.2) is 16.6 Å². The summed E-state index contributed by atoms with van der Waals surface area (Å²) in [6, 6.07) is 0. The van der Waals surface area contributed by atoms with Gasteiger partial charge in [-0.15, -0.1) is 0 Å². The predicted molar refractivity (Wildman–Crippen MR) is 97.3 cm³/mol. The number of rotatable bonds is 8. The molecule has 4 heteroatoms. The van der Waals surface area contributed by atoms with E-state index in [1.807, 2.05) is 39.5 Å². The molecule has 0 spiro atoms. The van der Waals surface area contributed by atoms with Gasteiger partial charge in [0.2, 0.25) is 6.33 Å². The molecule has 0 aliphatic heterocycles. The molecule has 0 radical (unpaired) electrons. The summed E-state index contributed by atoms with van der Waals surface area (Å²) in [5.41, 5.74) is -1.23. The Morgan fingerprint density at radius 1 is 1.12 bits per heavy atom. The first kappa shape index (κ1) is 20.7. The van der Waals surface area contributed by atoms with Gasteiger partial charge in [0.1, 0.15) is 18.0 Å². The van der Waals surface area contributed by atoms with Crippen LogP contribution in [0, 0.1) is 22.7 Å². The van der Waals surface area contributed by atoms with Crippen molar-refractivity contribution in [2.45, 2.75) is 80.9 Å². The third-order valence-corrected chi connectivity index (χ3v) is 5.73. The smallest absolute Gasteiger partial charge is 0.312 e. The lowest BCUT2D eigenvalue weighted by atomic mass is 9.72. The molecule has 1 atom stereocenters. The number of carbonyl (C=O) groups excluding carboxylic acids is 1. The topological polar surface area (TPSA) is 46.0 Å². The number of hydrogen-bond donors (Lipinski definition) is 1. The van der Waals surface area contributed by atoms with Crippen LogP contribution in [0.3, 0.4) is 0 Å². The van der Waals surface area contributed by atoms with E-state index in [4.69, 9.17) is 4.74 Å². The first-order valence-electron chi connectivity index (χ1n) is 9.07. The molecule has 0 aliphatic rings. The zero-order valence-electron chi connectivity index (χ0n) is 17.1. The summed E-state index contributed by atoms with van der Waals surface area (Å²) >= 11 is 0. The summed E-state index contributed by atoms with van der Waals surface area (Å²) in [5.74, 6) is 0.616. The predicted octanol–water partition coefficient (Wildman–Crippen LogP) is 4.36. The Morgan fingerprint density at radius 2 is 1.71 bits per heavy atom. The van der Waals surface area contributed by atoms with E-state index in [0.717, 1.165) is 13.0 Å². The quantitative estimate of drug-likeness (QED) is 0.566. The number of ether oxygens (including phenoxy) is 1. The molecule has 0 bridgehead atoms. The monoisotopic (exact) mass is 337 g/mol. The first-order chi connectivity index (χ1) is 10.8. The van der Waals surface area contributed by atoms with Crippen LogP contribution in [0.1, 0.15) is 68.7 Å². The zero-order chi connectivity index (χ0) is 18.8. The van der Waals surface area contributed by atoms with E-state index >= 15 is 0 Å². The molecule has 1 aromatic heterocycles. The molecule has 1 N–H and O–H groups in total. The van der Waals surface area contributed by atoms with Crippen LogP contribution < -0.4 is 4.57 Å². The van der Waals surface area contributed by atoms with Crippen LogP contribution in [0.4, 0.5) is 0 Å². The van der Waals surface area contributed by atoms with E-state index in [1.54, 1.807) is 0 Å².